The highest BCUT2D eigenvalue weighted by atomic mass is 31.2. The van der Waals surface area contributed by atoms with Crippen LogP contribution in [0.5, 0.6) is 0 Å². The maximum absolute atomic E-state index is 12.9. The van der Waals surface area contributed by atoms with Crippen molar-refractivity contribution in [1.29, 1.82) is 0 Å². The van der Waals surface area contributed by atoms with Crippen molar-refractivity contribution < 1.29 is 80.2 Å². The molecular weight excluding hydrogens is 1040 g/mol. The van der Waals surface area contributed by atoms with Gasteiger partial charge in [-0.1, -0.05) is 228 Å². The van der Waals surface area contributed by atoms with Gasteiger partial charge in [-0.3, -0.25) is 37.3 Å². The number of unbranched alkanes of at least 4 members (excludes halogenated alkanes) is 23. The van der Waals surface area contributed by atoms with E-state index in [1.165, 1.54) is 83.5 Å². The predicted molar refractivity (Wildman–Crippen MR) is 308 cm³/mol. The van der Waals surface area contributed by atoms with Crippen LogP contribution in [0.1, 0.15) is 280 Å². The minimum absolute atomic E-state index is 0.101. The SMILES string of the molecule is CCCCCCCC(=O)OC[C@H](COP(=O)(O)OC[C@H](O)COP(=O)(O)OC[C@@H](COC(=O)CCCCCCCCCCC(C)C)OC(=O)CCCCCCCCCCC(C)CC)OC(=O)CCCCCCCCC(C)CC. The molecule has 3 N–H and O–H groups in total. The Balaban J connectivity index is 5.21. The van der Waals surface area contributed by atoms with Gasteiger partial charge in [-0.15, -0.1) is 0 Å². The number of carbonyl (C=O) groups is 4. The molecule has 17 nitrogen and oxygen atoms in total. The van der Waals surface area contributed by atoms with Crippen LogP contribution < -0.4 is 0 Å². The molecule has 78 heavy (non-hydrogen) atoms. The zero-order valence-corrected chi connectivity index (χ0v) is 51.9. The van der Waals surface area contributed by atoms with Crippen molar-refractivity contribution in [3.05, 3.63) is 0 Å². The quantitative estimate of drug-likeness (QED) is 0.0222. The maximum atomic E-state index is 12.9. The number of carbonyl (C=O) groups excluding carboxylic acids is 4. The molecule has 0 aromatic rings. The molecule has 0 aromatic heterocycles. The van der Waals surface area contributed by atoms with Gasteiger partial charge >= 0.3 is 39.5 Å². The van der Waals surface area contributed by atoms with E-state index >= 15 is 0 Å². The lowest BCUT2D eigenvalue weighted by molar-refractivity contribution is -0.161. The second-order valence-electron chi connectivity index (χ2n) is 22.3. The zero-order valence-electron chi connectivity index (χ0n) is 50.1. The monoisotopic (exact) mass is 1160 g/mol. The highest BCUT2D eigenvalue weighted by Crippen LogP contribution is 2.45. The van der Waals surface area contributed by atoms with Crippen molar-refractivity contribution in [3.8, 4) is 0 Å². The molecule has 0 saturated carbocycles. The van der Waals surface area contributed by atoms with Gasteiger partial charge in [0.15, 0.2) is 12.2 Å². The molecule has 0 fully saturated rings. The number of rotatable bonds is 57. The van der Waals surface area contributed by atoms with Crippen LogP contribution in [0.3, 0.4) is 0 Å². The Labute approximate surface area is 473 Å². The molecule has 0 spiro atoms. The summed E-state index contributed by atoms with van der Waals surface area (Å²) in [5.74, 6) is 0.0591. The van der Waals surface area contributed by atoms with Crippen LogP contribution in [0, 0.1) is 17.8 Å². The van der Waals surface area contributed by atoms with Crippen molar-refractivity contribution in [2.24, 2.45) is 17.8 Å². The molecular formula is C59H114O17P2. The number of esters is 4. The van der Waals surface area contributed by atoms with Crippen molar-refractivity contribution in [3.63, 3.8) is 0 Å². The number of ether oxygens (including phenoxy) is 4. The first kappa shape index (κ1) is 76.1. The summed E-state index contributed by atoms with van der Waals surface area (Å²) < 4.78 is 67.6. The van der Waals surface area contributed by atoms with Gasteiger partial charge in [0.25, 0.3) is 0 Å². The van der Waals surface area contributed by atoms with Gasteiger partial charge in [0.2, 0.25) is 0 Å². The first-order chi connectivity index (χ1) is 37.3. The van der Waals surface area contributed by atoms with Crippen LogP contribution >= 0.6 is 15.6 Å². The van der Waals surface area contributed by atoms with Crippen molar-refractivity contribution in [2.45, 2.75) is 298 Å². The molecule has 0 aliphatic rings. The smallest absolute Gasteiger partial charge is 0.462 e. The van der Waals surface area contributed by atoms with E-state index < -0.39 is 97.5 Å². The standard InChI is InChI=1S/C59H114O17P2/c1-8-11-12-23-33-40-56(61)69-46-54(76-59(64)43-36-29-22-21-26-32-39-52(7)10-3)48-73-77(65,66)71-44-53(60)45-72-78(67,68)74-49-55(47-70-57(62)41-34-27-19-15-13-17-24-30-37-50(4)5)75-58(63)42-35-28-20-16-14-18-25-31-38-51(6)9-2/h50-55,60H,8-49H2,1-7H3,(H,65,66)(H,67,68)/t51?,52?,53-,54+,55+/m0/s1. The number of hydrogen-bond acceptors (Lipinski definition) is 15. The van der Waals surface area contributed by atoms with E-state index in [0.29, 0.717) is 25.7 Å². The zero-order chi connectivity index (χ0) is 58.1. The third kappa shape index (κ3) is 51.0. The number of hydrogen-bond donors (Lipinski definition) is 3. The fraction of sp³-hybridized carbons (Fsp3) is 0.932. The molecule has 0 amide bonds. The second-order valence-corrected chi connectivity index (χ2v) is 25.2. The van der Waals surface area contributed by atoms with Crippen LogP contribution in [-0.2, 0) is 65.4 Å². The van der Waals surface area contributed by atoms with E-state index in [2.05, 4.69) is 48.5 Å². The summed E-state index contributed by atoms with van der Waals surface area (Å²) in [4.78, 5) is 71.7. The van der Waals surface area contributed by atoms with Crippen LogP contribution in [0.4, 0.5) is 0 Å². The predicted octanol–water partition coefficient (Wildman–Crippen LogP) is 15.6. The molecule has 7 atom stereocenters. The summed E-state index contributed by atoms with van der Waals surface area (Å²) >= 11 is 0. The van der Waals surface area contributed by atoms with Gasteiger partial charge in [-0.05, 0) is 43.4 Å². The molecule has 19 heteroatoms. The molecule has 0 aromatic carbocycles. The van der Waals surface area contributed by atoms with E-state index in [4.69, 9.17) is 37.0 Å². The largest absolute Gasteiger partial charge is 0.472 e. The Hall–Kier alpha value is -1.94. The molecule has 0 saturated heterocycles. The number of phosphoric acid groups is 2. The van der Waals surface area contributed by atoms with E-state index in [1.54, 1.807) is 0 Å². The highest BCUT2D eigenvalue weighted by Gasteiger charge is 2.30. The molecule has 0 rings (SSSR count). The van der Waals surface area contributed by atoms with Crippen molar-refractivity contribution in [2.75, 3.05) is 39.6 Å². The van der Waals surface area contributed by atoms with Crippen molar-refractivity contribution in [1.82, 2.24) is 0 Å². The summed E-state index contributed by atoms with van der Waals surface area (Å²) in [6.07, 6.45) is 29.7. The van der Waals surface area contributed by atoms with Crippen molar-refractivity contribution >= 4 is 39.5 Å². The molecule has 462 valence electrons. The third-order valence-corrected chi connectivity index (χ3v) is 16.0. The fourth-order valence-electron chi connectivity index (χ4n) is 8.53. The second kappa shape index (κ2) is 50.8. The molecule has 0 bridgehead atoms. The van der Waals surface area contributed by atoms with E-state index in [-0.39, 0.29) is 25.7 Å². The lowest BCUT2D eigenvalue weighted by Gasteiger charge is -2.21. The van der Waals surface area contributed by atoms with Gasteiger partial charge < -0.3 is 33.8 Å². The fourth-order valence-corrected chi connectivity index (χ4v) is 10.1. The first-order valence-electron chi connectivity index (χ1n) is 30.9. The molecule has 0 heterocycles. The minimum Gasteiger partial charge on any atom is -0.462 e. The summed E-state index contributed by atoms with van der Waals surface area (Å²) in [5, 5.41) is 10.5. The third-order valence-electron chi connectivity index (χ3n) is 14.1. The van der Waals surface area contributed by atoms with E-state index in [1.807, 2.05) is 0 Å². The Morgan fingerprint density at radius 2 is 0.654 bits per heavy atom. The van der Waals surface area contributed by atoms with Crippen LogP contribution in [0.15, 0.2) is 0 Å². The first-order valence-corrected chi connectivity index (χ1v) is 33.9. The van der Waals surface area contributed by atoms with Gasteiger partial charge in [-0.25, -0.2) is 9.13 Å². The van der Waals surface area contributed by atoms with Gasteiger partial charge in [0.05, 0.1) is 26.4 Å². The van der Waals surface area contributed by atoms with Crippen LogP contribution in [0.25, 0.3) is 0 Å². The average Bonchev–Trinajstić information content (AvgIpc) is 3.40. The summed E-state index contributed by atoms with van der Waals surface area (Å²) in [6.45, 7) is 11.6. The topological polar surface area (TPSA) is 237 Å². The summed E-state index contributed by atoms with van der Waals surface area (Å²) in [7, 11) is -9.87. The van der Waals surface area contributed by atoms with Gasteiger partial charge in [0, 0.05) is 25.7 Å². The van der Waals surface area contributed by atoms with E-state index in [0.717, 1.165) is 114 Å². The number of aliphatic hydroxyl groups is 1. The number of aliphatic hydroxyl groups excluding tert-OH is 1. The van der Waals surface area contributed by atoms with Gasteiger partial charge in [0.1, 0.15) is 19.3 Å². The summed E-state index contributed by atoms with van der Waals surface area (Å²) in [6, 6.07) is 0. The van der Waals surface area contributed by atoms with Gasteiger partial charge in [-0.2, -0.15) is 0 Å². The normalized spacial score (nSPS) is 15.2. The molecule has 4 unspecified atom stereocenters. The molecule has 0 aliphatic carbocycles. The van der Waals surface area contributed by atoms with Crippen LogP contribution in [0.2, 0.25) is 0 Å². The highest BCUT2D eigenvalue weighted by molar-refractivity contribution is 7.47. The summed E-state index contributed by atoms with van der Waals surface area (Å²) in [5.41, 5.74) is 0. The molecule has 0 radical (unpaired) electrons. The van der Waals surface area contributed by atoms with E-state index in [9.17, 15) is 43.2 Å². The van der Waals surface area contributed by atoms with Crippen LogP contribution in [-0.4, -0.2) is 96.7 Å². The molecule has 0 aliphatic heterocycles. The Bertz CT molecular complexity index is 1570. The Morgan fingerprint density at radius 3 is 0.974 bits per heavy atom. The lowest BCUT2D eigenvalue weighted by Crippen LogP contribution is -2.30. The lowest BCUT2D eigenvalue weighted by atomic mass is 9.99. The Morgan fingerprint density at radius 1 is 0.372 bits per heavy atom. The maximum Gasteiger partial charge on any atom is 0.472 e. The minimum atomic E-state index is -4.94. The number of phosphoric ester groups is 2. The Kier molecular flexibility index (Phi) is 49.5. The average molecular weight is 1160 g/mol.